The Morgan fingerprint density at radius 2 is 2.18 bits per heavy atom. The van der Waals surface area contributed by atoms with Crippen LogP contribution in [0.15, 0.2) is 42.6 Å². The highest BCUT2D eigenvalue weighted by Gasteiger charge is 1.99. The summed E-state index contributed by atoms with van der Waals surface area (Å²) in [7, 11) is 0. The van der Waals surface area contributed by atoms with Crippen molar-refractivity contribution in [2.24, 2.45) is 0 Å². The molecule has 0 saturated heterocycles. The minimum atomic E-state index is 0.687. The molecule has 0 atom stereocenters. The fourth-order valence-electron chi connectivity index (χ4n) is 1.59. The van der Waals surface area contributed by atoms with E-state index in [9.17, 15) is 0 Å². The molecule has 0 aliphatic heterocycles. The summed E-state index contributed by atoms with van der Waals surface area (Å²) in [4.78, 5) is 4.24. The molecule has 0 fully saturated rings. The van der Waals surface area contributed by atoms with E-state index in [0.717, 1.165) is 16.9 Å². The van der Waals surface area contributed by atoms with Gasteiger partial charge in [-0.05, 0) is 42.8 Å². The monoisotopic (exact) mass is 223 g/mol. The molecular weight excluding hydrogens is 210 g/mol. The van der Waals surface area contributed by atoms with Crippen LogP contribution in [0.5, 0.6) is 0 Å². The smallest absolute Gasteiger partial charge is 0.0994 e. The van der Waals surface area contributed by atoms with E-state index in [4.69, 9.17) is 5.26 Å². The Labute approximate surface area is 101 Å². The number of anilines is 1. The predicted molar refractivity (Wildman–Crippen MR) is 67.5 cm³/mol. The second-order valence-corrected chi connectivity index (χ2v) is 3.82. The molecule has 3 heteroatoms. The maximum Gasteiger partial charge on any atom is 0.0994 e. The molecule has 1 aromatic carbocycles. The average molecular weight is 223 g/mol. The number of rotatable bonds is 3. The van der Waals surface area contributed by atoms with Gasteiger partial charge in [-0.25, -0.2) is 0 Å². The highest BCUT2D eigenvalue weighted by molar-refractivity contribution is 5.51. The molecule has 84 valence electrons. The van der Waals surface area contributed by atoms with Gasteiger partial charge >= 0.3 is 0 Å². The lowest BCUT2D eigenvalue weighted by Crippen LogP contribution is -2.01. The molecule has 3 nitrogen and oxygen atoms in total. The molecule has 0 aliphatic carbocycles. The van der Waals surface area contributed by atoms with Crippen LogP contribution < -0.4 is 5.32 Å². The minimum absolute atomic E-state index is 0.687. The molecule has 2 aromatic rings. The number of hydrogen-bond acceptors (Lipinski definition) is 3. The van der Waals surface area contributed by atoms with Crippen LogP contribution in [-0.4, -0.2) is 4.98 Å². The first-order valence-corrected chi connectivity index (χ1v) is 5.44. The number of aryl methyl sites for hydroxylation is 1. The Bertz CT molecular complexity index is 541. The van der Waals surface area contributed by atoms with Crippen LogP contribution in [-0.2, 0) is 6.54 Å². The Balaban J connectivity index is 2.06. The summed E-state index contributed by atoms with van der Waals surface area (Å²) >= 11 is 0. The van der Waals surface area contributed by atoms with Gasteiger partial charge < -0.3 is 5.32 Å². The Morgan fingerprint density at radius 3 is 2.82 bits per heavy atom. The lowest BCUT2D eigenvalue weighted by Gasteiger charge is -2.07. The van der Waals surface area contributed by atoms with E-state index >= 15 is 0 Å². The van der Waals surface area contributed by atoms with E-state index in [2.05, 4.69) is 16.4 Å². The number of nitrogens with zero attached hydrogens (tertiary/aromatic N) is 2. The fourth-order valence-corrected chi connectivity index (χ4v) is 1.59. The molecule has 1 aromatic heterocycles. The van der Waals surface area contributed by atoms with Crippen LogP contribution in [0.25, 0.3) is 0 Å². The number of benzene rings is 1. The van der Waals surface area contributed by atoms with Gasteiger partial charge in [-0.3, -0.25) is 4.98 Å². The zero-order chi connectivity index (χ0) is 12.1. The number of nitriles is 1. The standard InChI is InChI=1S/C14H13N3/c1-11-8-13(6-5-12(11)9-15)17-10-14-4-2-3-7-16-14/h2-8,17H,10H2,1H3. The van der Waals surface area contributed by atoms with Crippen molar-refractivity contribution in [3.63, 3.8) is 0 Å². The van der Waals surface area contributed by atoms with Crippen LogP contribution in [0.1, 0.15) is 16.8 Å². The second-order valence-electron chi connectivity index (χ2n) is 3.82. The largest absolute Gasteiger partial charge is 0.379 e. The first-order valence-electron chi connectivity index (χ1n) is 5.44. The van der Waals surface area contributed by atoms with Gasteiger partial charge in [0.05, 0.1) is 23.9 Å². The summed E-state index contributed by atoms with van der Waals surface area (Å²) in [6.45, 7) is 2.62. The topological polar surface area (TPSA) is 48.7 Å². The van der Waals surface area contributed by atoms with Crippen molar-refractivity contribution in [2.75, 3.05) is 5.32 Å². The van der Waals surface area contributed by atoms with E-state index in [0.29, 0.717) is 12.1 Å². The van der Waals surface area contributed by atoms with Crippen molar-refractivity contribution < 1.29 is 0 Å². The first-order chi connectivity index (χ1) is 8.29. The molecule has 0 spiro atoms. The molecule has 2 rings (SSSR count). The summed E-state index contributed by atoms with van der Waals surface area (Å²) in [6.07, 6.45) is 1.78. The number of aromatic nitrogens is 1. The first kappa shape index (κ1) is 11.2. The Morgan fingerprint density at radius 1 is 1.29 bits per heavy atom. The third-order valence-corrected chi connectivity index (χ3v) is 2.55. The summed E-state index contributed by atoms with van der Waals surface area (Å²) < 4.78 is 0. The zero-order valence-electron chi connectivity index (χ0n) is 9.64. The highest BCUT2D eigenvalue weighted by Crippen LogP contribution is 2.14. The van der Waals surface area contributed by atoms with Crippen molar-refractivity contribution in [1.29, 1.82) is 5.26 Å². The SMILES string of the molecule is Cc1cc(NCc2ccccn2)ccc1C#N. The van der Waals surface area contributed by atoms with Gasteiger partial charge in [0.25, 0.3) is 0 Å². The predicted octanol–water partition coefficient (Wildman–Crippen LogP) is 2.87. The Kier molecular flexibility index (Phi) is 3.37. The number of nitrogens with one attached hydrogen (secondary N) is 1. The summed E-state index contributed by atoms with van der Waals surface area (Å²) in [6, 6.07) is 13.7. The average Bonchev–Trinajstić information content (AvgIpc) is 2.38. The van der Waals surface area contributed by atoms with Gasteiger partial charge in [0, 0.05) is 11.9 Å². The minimum Gasteiger partial charge on any atom is -0.379 e. The van der Waals surface area contributed by atoms with Crippen molar-refractivity contribution in [3.05, 3.63) is 59.4 Å². The summed E-state index contributed by atoms with van der Waals surface area (Å²) in [5.74, 6) is 0. The quantitative estimate of drug-likeness (QED) is 0.870. The highest BCUT2D eigenvalue weighted by atomic mass is 14.9. The van der Waals surface area contributed by atoms with E-state index in [1.165, 1.54) is 0 Å². The van der Waals surface area contributed by atoms with Crippen molar-refractivity contribution >= 4 is 5.69 Å². The van der Waals surface area contributed by atoms with Crippen molar-refractivity contribution in [3.8, 4) is 6.07 Å². The van der Waals surface area contributed by atoms with E-state index < -0.39 is 0 Å². The van der Waals surface area contributed by atoms with Crippen molar-refractivity contribution in [2.45, 2.75) is 13.5 Å². The molecule has 0 saturated carbocycles. The third kappa shape index (κ3) is 2.82. The van der Waals surface area contributed by atoms with Crippen LogP contribution >= 0.6 is 0 Å². The zero-order valence-corrected chi connectivity index (χ0v) is 9.64. The van der Waals surface area contributed by atoms with Gasteiger partial charge in [0.15, 0.2) is 0 Å². The van der Waals surface area contributed by atoms with E-state index in [-0.39, 0.29) is 0 Å². The molecule has 0 unspecified atom stereocenters. The maximum absolute atomic E-state index is 8.84. The summed E-state index contributed by atoms with van der Waals surface area (Å²) in [5, 5.41) is 12.1. The third-order valence-electron chi connectivity index (χ3n) is 2.55. The van der Waals surface area contributed by atoms with Gasteiger partial charge in [0.1, 0.15) is 0 Å². The molecule has 17 heavy (non-hydrogen) atoms. The van der Waals surface area contributed by atoms with E-state index in [1.807, 2.05) is 43.3 Å². The molecular formula is C14H13N3. The number of hydrogen-bond donors (Lipinski definition) is 1. The molecule has 1 N–H and O–H groups in total. The molecule has 0 bridgehead atoms. The van der Waals surface area contributed by atoms with Crippen LogP contribution in [0.3, 0.4) is 0 Å². The lowest BCUT2D eigenvalue weighted by molar-refractivity contribution is 1.04. The van der Waals surface area contributed by atoms with Crippen LogP contribution in [0.2, 0.25) is 0 Å². The van der Waals surface area contributed by atoms with Crippen LogP contribution in [0.4, 0.5) is 5.69 Å². The number of pyridine rings is 1. The van der Waals surface area contributed by atoms with Gasteiger partial charge in [-0.15, -0.1) is 0 Å². The maximum atomic E-state index is 8.84. The summed E-state index contributed by atoms with van der Waals surface area (Å²) in [5.41, 5.74) is 3.70. The molecule has 0 radical (unpaired) electrons. The normalized spacial score (nSPS) is 9.65. The molecule has 0 amide bonds. The van der Waals surface area contributed by atoms with Gasteiger partial charge in [0.2, 0.25) is 0 Å². The second kappa shape index (κ2) is 5.13. The fraction of sp³-hybridized carbons (Fsp3) is 0.143. The van der Waals surface area contributed by atoms with Gasteiger partial charge in [-0.1, -0.05) is 6.07 Å². The van der Waals surface area contributed by atoms with Crippen molar-refractivity contribution in [1.82, 2.24) is 4.98 Å². The van der Waals surface area contributed by atoms with E-state index in [1.54, 1.807) is 6.20 Å². The lowest BCUT2D eigenvalue weighted by atomic mass is 10.1. The van der Waals surface area contributed by atoms with Crippen LogP contribution in [0, 0.1) is 18.3 Å². The molecule has 0 aliphatic rings. The van der Waals surface area contributed by atoms with Gasteiger partial charge in [-0.2, -0.15) is 5.26 Å². The molecule has 1 heterocycles. The Hall–Kier alpha value is -2.34.